The zero-order valence-electron chi connectivity index (χ0n) is 11.2. The number of hydrogen-bond acceptors (Lipinski definition) is 4. The summed E-state index contributed by atoms with van der Waals surface area (Å²) in [4.78, 5) is 0. The van der Waals surface area contributed by atoms with Gasteiger partial charge in [-0.2, -0.15) is 0 Å². The van der Waals surface area contributed by atoms with Crippen LogP contribution in [0.15, 0.2) is 18.2 Å². The van der Waals surface area contributed by atoms with Crippen LogP contribution in [0.2, 0.25) is 0 Å². The first-order valence-electron chi connectivity index (χ1n) is 7.07. The van der Waals surface area contributed by atoms with Crippen LogP contribution in [0.5, 0.6) is 11.5 Å². The van der Waals surface area contributed by atoms with E-state index in [-0.39, 0.29) is 0 Å². The molecule has 2 aliphatic rings. The van der Waals surface area contributed by atoms with E-state index < -0.39 is 5.60 Å². The molecule has 0 radical (unpaired) electrons. The van der Waals surface area contributed by atoms with Crippen molar-refractivity contribution in [2.45, 2.75) is 37.8 Å². The van der Waals surface area contributed by atoms with Gasteiger partial charge in [-0.05, 0) is 18.9 Å². The highest BCUT2D eigenvalue weighted by Gasteiger charge is 2.30. The van der Waals surface area contributed by atoms with Gasteiger partial charge in [0.05, 0.1) is 5.60 Å². The Bertz CT molecular complexity index is 441. The number of hydrogen-bond donors (Lipinski definition) is 2. The molecule has 0 bridgehead atoms. The number of fused-ring (bicyclic) bond motifs is 1. The van der Waals surface area contributed by atoms with Crippen molar-refractivity contribution in [3.05, 3.63) is 23.8 Å². The maximum atomic E-state index is 10.3. The molecule has 0 saturated heterocycles. The van der Waals surface area contributed by atoms with Crippen molar-refractivity contribution in [3.63, 3.8) is 0 Å². The Balaban J connectivity index is 1.61. The first kappa shape index (κ1) is 12.8. The number of rotatable bonds is 4. The lowest BCUT2D eigenvalue weighted by Gasteiger charge is -2.24. The number of para-hydroxylation sites is 1. The monoisotopic (exact) mass is 263 g/mol. The molecule has 0 atom stereocenters. The fourth-order valence-electron chi connectivity index (χ4n) is 2.91. The molecule has 1 heterocycles. The lowest BCUT2D eigenvalue weighted by Crippen LogP contribution is -2.37. The first-order valence-corrected chi connectivity index (χ1v) is 7.07. The molecule has 0 spiro atoms. The average molecular weight is 263 g/mol. The molecule has 19 heavy (non-hydrogen) atoms. The molecule has 0 aromatic heterocycles. The summed E-state index contributed by atoms with van der Waals surface area (Å²) in [5, 5.41) is 13.6. The third-order valence-corrected chi connectivity index (χ3v) is 3.95. The summed E-state index contributed by atoms with van der Waals surface area (Å²) in [5.74, 6) is 1.67. The van der Waals surface area contributed by atoms with E-state index in [0.29, 0.717) is 26.3 Å². The molecule has 1 aliphatic heterocycles. The van der Waals surface area contributed by atoms with Crippen molar-refractivity contribution in [1.82, 2.24) is 5.32 Å². The van der Waals surface area contributed by atoms with Crippen LogP contribution in [0, 0.1) is 0 Å². The van der Waals surface area contributed by atoms with E-state index in [1.54, 1.807) is 0 Å². The highest BCUT2D eigenvalue weighted by atomic mass is 16.6. The molecule has 1 aromatic carbocycles. The van der Waals surface area contributed by atoms with Crippen molar-refractivity contribution < 1.29 is 14.6 Å². The summed E-state index contributed by atoms with van der Waals surface area (Å²) in [6, 6.07) is 5.95. The van der Waals surface area contributed by atoms with Gasteiger partial charge in [-0.3, -0.25) is 0 Å². The van der Waals surface area contributed by atoms with E-state index in [2.05, 4.69) is 5.32 Å². The Morgan fingerprint density at radius 1 is 1.16 bits per heavy atom. The highest BCUT2D eigenvalue weighted by molar-refractivity contribution is 5.47. The first-order chi connectivity index (χ1) is 9.27. The second-order valence-corrected chi connectivity index (χ2v) is 5.48. The molecule has 3 rings (SSSR count). The fraction of sp³-hybridized carbons (Fsp3) is 0.600. The number of aliphatic hydroxyl groups is 1. The van der Waals surface area contributed by atoms with Crippen LogP contribution in [-0.4, -0.2) is 30.5 Å². The van der Waals surface area contributed by atoms with E-state index in [1.807, 2.05) is 18.2 Å². The van der Waals surface area contributed by atoms with Crippen LogP contribution < -0.4 is 14.8 Å². The van der Waals surface area contributed by atoms with Crippen molar-refractivity contribution in [3.8, 4) is 11.5 Å². The van der Waals surface area contributed by atoms with Crippen LogP contribution in [0.25, 0.3) is 0 Å². The minimum Gasteiger partial charge on any atom is -0.486 e. The van der Waals surface area contributed by atoms with Gasteiger partial charge < -0.3 is 19.9 Å². The lowest BCUT2D eigenvalue weighted by atomic mass is 10.0. The third-order valence-electron chi connectivity index (χ3n) is 3.95. The van der Waals surface area contributed by atoms with Gasteiger partial charge in [0.2, 0.25) is 0 Å². The summed E-state index contributed by atoms with van der Waals surface area (Å²) in [6.45, 7) is 2.57. The van der Waals surface area contributed by atoms with Gasteiger partial charge >= 0.3 is 0 Å². The Morgan fingerprint density at radius 2 is 1.95 bits per heavy atom. The van der Waals surface area contributed by atoms with E-state index in [0.717, 1.165) is 42.7 Å². The molecule has 2 N–H and O–H groups in total. The van der Waals surface area contributed by atoms with Gasteiger partial charge in [-0.15, -0.1) is 0 Å². The maximum absolute atomic E-state index is 10.3. The average Bonchev–Trinajstić information content (AvgIpc) is 2.86. The summed E-state index contributed by atoms with van der Waals surface area (Å²) < 4.78 is 11.2. The predicted octanol–water partition coefficient (Wildman–Crippen LogP) is 1.85. The Hall–Kier alpha value is -1.26. The summed E-state index contributed by atoms with van der Waals surface area (Å²) in [5.41, 5.74) is 0.588. The van der Waals surface area contributed by atoms with Gasteiger partial charge in [0, 0.05) is 18.7 Å². The van der Waals surface area contributed by atoms with Crippen molar-refractivity contribution in [1.29, 1.82) is 0 Å². The Morgan fingerprint density at radius 3 is 2.79 bits per heavy atom. The molecule has 0 unspecified atom stereocenters. The minimum absolute atomic E-state index is 0.508. The largest absolute Gasteiger partial charge is 0.486 e. The topological polar surface area (TPSA) is 50.7 Å². The molecule has 1 aromatic rings. The second kappa shape index (κ2) is 5.39. The van der Waals surface area contributed by atoms with Crippen LogP contribution >= 0.6 is 0 Å². The zero-order chi connectivity index (χ0) is 13.1. The number of benzene rings is 1. The minimum atomic E-state index is -0.508. The molecule has 4 heteroatoms. The normalized spacial score (nSPS) is 20.5. The second-order valence-electron chi connectivity index (χ2n) is 5.48. The molecular formula is C15H21NO3. The SMILES string of the molecule is OC1(CNCc2cccc3c2OCCO3)CCCC1. The summed E-state index contributed by atoms with van der Waals surface area (Å²) >= 11 is 0. The van der Waals surface area contributed by atoms with Gasteiger partial charge in [0.25, 0.3) is 0 Å². The van der Waals surface area contributed by atoms with E-state index in [4.69, 9.17) is 9.47 Å². The molecule has 104 valence electrons. The van der Waals surface area contributed by atoms with Crippen LogP contribution in [0.4, 0.5) is 0 Å². The van der Waals surface area contributed by atoms with Gasteiger partial charge in [-0.25, -0.2) is 0 Å². The standard InChI is InChI=1S/C15H21NO3/c17-15(6-1-2-7-15)11-16-10-12-4-3-5-13-14(12)19-9-8-18-13/h3-5,16-17H,1-2,6-11H2. The van der Waals surface area contributed by atoms with Gasteiger partial charge in [0.15, 0.2) is 11.5 Å². The molecular weight excluding hydrogens is 242 g/mol. The Kier molecular flexibility index (Phi) is 3.62. The lowest BCUT2D eigenvalue weighted by molar-refractivity contribution is 0.0473. The fourth-order valence-corrected chi connectivity index (χ4v) is 2.91. The van der Waals surface area contributed by atoms with Crippen LogP contribution in [-0.2, 0) is 6.54 Å². The Labute approximate surface area is 113 Å². The van der Waals surface area contributed by atoms with E-state index in [1.165, 1.54) is 0 Å². The maximum Gasteiger partial charge on any atom is 0.165 e. The van der Waals surface area contributed by atoms with Crippen molar-refractivity contribution in [2.75, 3.05) is 19.8 Å². The van der Waals surface area contributed by atoms with Gasteiger partial charge in [-0.1, -0.05) is 25.0 Å². The van der Waals surface area contributed by atoms with E-state index in [9.17, 15) is 5.11 Å². The molecule has 1 fully saturated rings. The van der Waals surface area contributed by atoms with Crippen molar-refractivity contribution in [2.24, 2.45) is 0 Å². The van der Waals surface area contributed by atoms with Gasteiger partial charge in [0.1, 0.15) is 13.2 Å². The molecule has 1 saturated carbocycles. The smallest absolute Gasteiger partial charge is 0.165 e. The highest BCUT2D eigenvalue weighted by Crippen LogP contribution is 2.34. The predicted molar refractivity (Wildman–Crippen MR) is 72.6 cm³/mol. The van der Waals surface area contributed by atoms with E-state index >= 15 is 0 Å². The summed E-state index contributed by atoms with van der Waals surface area (Å²) in [6.07, 6.45) is 4.09. The van der Waals surface area contributed by atoms with Crippen molar-refractivity contribution >= 4 is 0 Å². The number of nitrogens with one attached hydrogen (secondary N) is 1. The van der Waals surface area contributed by atoms with Crippen LogP contribution in [0.1, 0.15) is 31.2 Å². The third kappa shape index (κ3) is 2.85. The summed E-state index contributed by atoms with van der Waals surface area (Å²) in [7, 11) is 0. The van der Waals surface area contributed by atoms with Crippen LogP contribution in [0.3, 0.4) is 0 Å². The molecule has 4 nitrogen and oxygen atoms in total. The quantitative estimate of drug-likeness (QED) is 0.870. The zero-order valence-corrected chi connectivity index (χ0v) is 11.2. The molecule has 0 amide bonds. The molecule has 1 aliphatic carbocycles. The number of ether oxygens (including phenoxy) is 2.